The fourth-order valence-corrected chi connectivity index (χ4v) is 4.14. The second-order valence-corrected chi connectivity index (χ2v) is 8.45. The number of benzene rings is 2. The van der Waals surface area contributed by atoms with Crippen LogP contribution in [0.5, 0.6) is 17.2 Å². The zero-order valence-electron chi connectivity index (χ0n) is 20.2. The van der Waals surface area contributed by atoms with Crippen molar-refractivity contribution in [2.75, 3.05) is 13.7 Å². The summed E-state index contributed by atoms with van der Waals surface area (Å²) in [6.07, 6.45) is 5.18. The van der Waals surface area contributed by atoms with Gasteiger partial charge in [-0.25, -0.2) is 0 Å². The summed E-state index contributed by atoms with van der Waals surface area (Å²) in [5, 5.41) is 21.3. The third kappa shape index (κ3) is 5.02. The summed E-state index contributed by atoms with van der Waals surface area (Å²) in [6.45, 7) is 2.77. The quantitative estimate of drug-likeness (QED) is 0.196. The molecule has 1 atom stereocenters. The number of hydrogen-bond acceptors (Lipinski definition) is 7. The van der Waals surface area contributed by atoms with Gasteiger partial charge in [0.2, 0.25) is 0 Å². The minimum Gasteiger partial charge on any atom is -0.507 e. The van der Waals surface area contributed by atoms with Gasteiger partial charge in [-0.2, -0.15) is 0 Å². The Labute approximate surface area is 209 Å². The first-order valence-electron chi connectivity index (χ1n) is 11.7. The van der Waals surface area contributed by atoms with Crippen LogP contribution < -0.4 is 9.47 Å². The van der Waals surface area contributed by atoms with Crippen LogP contribution in [0.15, 0.2) is 72.6 Å². The molecule has 0 radical (unpaired) electrons. The predicted molar refractivity (Wildman–Crippen MR) is 134 cm³/mol. The summed E-state index contributed by atoms with van der Waals surface area (Å²) in [5.41, 5.74) is 1.57. The lowest BCUT2D eigenvalue weighted by atomic mass is 9.95. The molecule has 0 saturated carbocycles. The fraction of sp³-hybridized carbons (Fsp3) is 0.250. The van der Waals surface area contributed by atoms with Crippen molar-refractivity contribution >= 4 is 17.4 Å². The van der Waals surface area contributed by atoms with Crippen molar-refractivity contribution in [2.45, 2.75) is 32.4 Å². The molecule has 0 spiro atoms. The van der Waals surface area contributed by atoms with E-state index in [2.05, 4.69) is 11.9 Å². The highest BCUT2D eigenvalue weighted by molar-refractivity contribution is 6.46. The van der Waals surface area contributed by atoms with Crippen LogP contribution in [-0.4, -0.2) is 45.5 Å². The summed E-state index contributed by atoms with van der Waals surface area (Å²) >= 11 is 0. The molecule has 1 fully saturated rings. The standard InChI is InChI=1S/C28H28N2O6/c1-3-4-14-36-21-10-7-19(8-11-21)26(32)24-25(20-9-12-22(31)23(15-20)35-2)30(28(34)27(24)33)17-18-6-5-13-29-16-18/h5-13,15-16,25,31-32H,3-4,14,17H2,1-2H3/b26-24-. The van der Waals surface area contributed by atoms with Gasteiger partial charge in [-0.3, -0.25) is 14.6 Å². The van der Waals surface area contributed by atoms with E-state index in [9.17, 15) is 19.8 Å². The van der Waals surface area contributed by atoms with Gasteiger partial charge in [-0.1, -0.05) is 25.5 Å². The van der Waals surface area contributed by atoms with Crippen LogP contribution in [0, 0.1) is 0 Å². The number of ether oxygens (including phenoxy) is 2. The molecule has 36 heavy (non-hydrogen) atoms. The summed E-state index contributed by atoms with van der Waals surface area (Å²) in [7, 11) is 1.41. The summed E-state index contributed by atoms with van der Waals surface area (Å²) in [4.78, 5) is 31.9. The molecule has 3 aromatic rings. The first kappa shape index (κ1) is 24.8. The molecule has 2 aromatic carbocycles. The maximum Gasteiger partial charge on any atom is 0.295 e. The number of unbranched alkanes of at least 4 members (excludes halogenated alkanes) is 1. The number of aliphatic hydroxyl groups excluding tert-OH is 1. The van der Waals surface area contributed by atoms with Crippen LogP contribution in [0.3, 0.4) is 0 Å². The van der Waals surface area contributed by atoms with Crippen LogP contribution in [0.25, 0.3) is 5.76 Å². The number of aromatic nitrogens is 1. The zero-order valence-corrected chi connectivity index (χ0v) is 20.2. The number of aliphatic hydroxyl groups is 1. The van der Waals surface area contributed by atoms with E-state index < -0.39 is 17.7 Å². The smallest absolute Gasteiger partial charge is 0.295 e. The number of carbonyl (C=O) groups excluding carboxylic acids is 2. The molecule has 2 heterocycles. The molecule has 2 N–H and O–H groups in total. The lowest BCUT2D eigenvalue weighted by molar-refractivity contribution is -0.140. The number of ketones is 1. The minimum absolute atomic E-state index is 0.0451. The van der Waals surface area contributed by atoms with Gasteiger partial charge in [0.15, 0.2) is 11.5 Å². The van der Waals surface area contributed by atoms with Gasteiger partial charge in [-0.15, -0.1) is 0 Å². The molecule has 0 aliphatic carbocycles. The SMILES string of the molecule is CCCCOc1ccc(/C(O)=C2/C(=O)C(=O)N(Cc3cccnc3)C2c2ccc(O)c(OC)c2)cc1. The van der Waals surface area contributed by atoms with Crippen LogP contribution in [-0.2, 0) is 16.1 Å². The van der Waals surface area contributed by atoms with Gasteiger partial charge in [0.1, 0.15) is 11.5 Å². The average molecular weight is 489 g/mol. The Bertz CT molecular complexity index is 1270. The summed E-state index contributed by atoms with van der Waals surface area (Å²) in [5.74, 6) is -1.07. The van der Waals surface area contributed by atoms with Crippen molar-refractivity contribution in [2.24, 2.45) is 0 Å². The van der Waals surface area contributed by atoms with Gasteiger partial charge >= 0.3 is 0 Å². The highest BCUT2D eigenvalue weighted by atomic mass is 16.5. The molecule has 1 amide bonds. The number of rotatable bonds is 9. The molecular weight excluding hydrogens is 460 g/mol. The number of phenols is 1. The number of phenolic OH excluding ortho intramolecular Hbond substituents is 1. The summed E-state index contributed by atoms with van der Waals surface area (Å²) in [6, 6.07) is 14.0. The highest BCUT2D eigenvalue weighted by Gasteiger charge is 2.46. The normalized spacial score (nSPS) is 16.8. The fourth-order valence-electron chi connectivity index (χ4n) is 4.14. The number of pyridine rings is 1. The third-order valence-corrected chi connectivity index (χ3v) is 6.03. The van der Waals surface area contributed by atoms with E-state index in [1.165, 1.54) is 18.1 Å². The van der Waals surface area contributed by atoms with Crippen LogP contribution in [0.2, 0.25) is 0 Å². The number of amides is 1. The molecule has 1 aliphatic heterocycles. The summed E-state index contributed by atoms with van der Waals surface area (Å²) < 4.78 is 10.9. The van der Waals surface area contributed by atoms with E-state index in [1.54, 1.807) is 60.9 Å². The molecule has 8 heteroatoms. The molecule has 1 aromatic heterocycles. The Morgan fingerprint density at radius 1 is 1.11 bits per heavy atom. The first-order valence-corrected chi connectivity index (χ1v) is 11.7. The minimum atomic E-state index is -0.903. The molecule has 1 saturated heterocycles. The van der Waals surface area contributed by atoms with Crippen molar-refractivity contribution in [3.05, 3.63) is 89.3 Å². The Morgan fingerprint density at radius 3 is 2.56 bits per heavy atom. The van der Waals surface area contributed by atoms with E-state index in [0.717, 1.165) is 18.4 Å². The predicted octanol–water partition coefficient (Wildman–Crippen LogP) is 4.60. The van der Waals surface area contributed by atoms with Gasteiger partial charge in [0.05, 0.1) is 25.3 Å². The van der Waals surface area contributed by atoms with Gasteiger partial charge < -0.3 is 24.6 Å². The number of nitrogens with zero attached hydrogens (tertiary/aromatic N) is 2. The maximum absolute atomic E-state index is 13.2. The van der Waals surface area contributed by atoms with Gasteiger partial charge in [0.25, 0.3) is 11.7 Å². The number of likely N-dealkylation sites (tertiary alicyclic amines) is 1. The molecule has 1 unspecified atom stereocenters. The molecule has 1 aliphatic rings. The molecular formula is C28H28N2O6. The molecule has 0 bridgehead atoms. The largest absolute Gasteiger partial charge is 0.507 e. The molecule has 8 nitrogen and oxygen atoms in total. The lowest BCUT2D eigenvalue weighted by Crippen LogP contribution is -2.29. The van der Waals surface area contributed by atoms with Crippen LogP contribution in [0.1, 0.15) is 42.5 Å². The van der Waals surface area contributed by atoms with E-state index in [-0.39, 0.29) is 29.4 Å². The average Bonchev–Trinajstić information content (AvgIpc) is 3.14. The Balaban J connectivity index is 1.78. The van der Waals surface area contributed by atoms with E-state index >= 15 is 0 Å². The van der Waals surface area contributed by atoms with Gasteiger partial charge in [0, 0.05) is 24.5 Å². The Hall–Kier alpha value is -4.33. The molecule has 186 valence electrons. The second-order valence-electron chi connectivity index (χ2n) is 8.45. The number of carbonyl (C=O) groups is 2. The Kier molecular flexibility index (Phi) is 7.53. The van der Waals surface area contributed by atoms with Crippen LogP contribution in [0.4, 0.5) is 0 Å². The van der Waals surface area contributed by atoms with E-state index in [4.69, 9.17) is 9.47 Å². The Morgan fingerprint density at radius 2 is 1.89 bits per heavy atom. The zero-order chi connectivity index (χ0) is 25.7. The molecule has 4 rings (SSSR count). The number of Topliss-reactive ketones (excluding diaryl/α,β-unsaturated/α-hetero) is 1. The maximum atomic E-state index is 13.2. The number of methoxy groups -OCH3 is 1. The van der Waals surface area contributed by atoms with Crippen molar-refractivity contribution in [1.29, 1.82) is 0 Å². The third-order valence-electron chi connectivity index (χ3n) is 6.03. The van der Waals surface area contributed by atoms with Crippen molar-refractivity contribution < 1.29 is 29.3 Å². The van der Waals surface area contributed by atoms with Crippen molar-refractivity contribution in [1.82, 2.24) is 9.88 Å². The van der Waals surface area contributed by atoms with Gasteiger partial charge in [-0.05, 0) is 60.0 Å². The topological polar surface area (TPSA) is 109 Å². The highest BCUT2D eigenvalue weighted by Crippen LogP contribution is 2.42. The van der Waals surface area contributed by atoms with Crippen molar-refractivity contribution in [3.63, 3.8) is 0 Å². The first-order chi connectivity index (χ1) is 17.4. The monoisotopic (exact) mass is 488 g/mol. The number of aromatic hydroxyl groups is 1. The second kappa shape index (κ2) is 10.9. The lowest BCUT2D eigenvalue weighted by Gasteiger charge is -2.25. The van der Waals surface area contributed by atoms with Crippen molar-refractivity contribution in [3.8, 4) is 17.2 Å². The van der Waals surface area contributed by atoms with E-state index in [1.807, 2.05) is 0 Å². The van der Waals surface area contributed by atoms with Crippen LogP contribution >= 0.6 is 0 Å². The number of hydrogen-bond donors (Lipinski definition) is 2. The van der Waals surface area contributed by atoms with E-state index in [0.29, 0.717) is 23.5 Å².